The van der Waals surface area contributed by atoms with Crippen molar-refractivity contribution in [2.45, 2.75) is 58.4 Å². The molecular formula is C26H29ClFN3O. The molecule has 1 aromatic carbocycles. The van der Waals surface area contributed by atoms with Gasteiger partial charge in [-0.25, -0.2) is 9.37 Å². The second-order valence-corrected chi connectivity index (χ2v) is 11.2. The molecule has 2 bridgehead atoms. The molecule has 1 saturated heterocycles. The van der Waals surface area contributed by atoms with Crippen LogP contribution in [0.2, 0.25) is 5.02 Å². The van der Waals surface area contributed by atoms with Crippen molar-refractivity contribution in [3.05, 3.63) is 70.9 Å². The molecular weight excluding hydrogens is 425 g/mol. The van der Waals surface area contributed by atoms with Gasteiger partial charge in [0, 0.05) is 37.3 Å². The quantitative estimate of drug-likeness (QED) is 0.480. The summed E-state index contributed by atoms with van der Waals surface area (Å²) in [6, 6.07) is 10.6. The van der Waals surface area contributed by atoms with Crippen LogP contribution in [0.15, 0.2) is 48.8 Å². The summed E-state index contributed by atoms with van der Waals surface area (Å²) in [6.07, 6.45) is 6.92. The zero-order chi connectivity index (χ0) is 22.7. The largest absolute Gasteiger partial charge is 0.339 e. The Morgan fingerprint density at radius 3 is 2.78 bits per heavy atom. The van der Waals surface area contributed by atoms with Crippen molar-refractivity contribution in [3.8, 4) is 0 Å². The van der Waals surface area contributed by atoms with E-state index < -0.39 is 5.92 Å². The van der Waals surface area contributed by atoms with E-state index in [4.69, 9.17) is 11.6 Å². The van der Waals surface area contributed by atoms with Crippen LogP contribution in [0.25, 0.3) is 5.65 Å². The van der Waals surface area contributed by atoms with Crippen LogP contribution in [0.1, 0.15) is 63.6 Å². The molecule has 1 aliphatic heterocycles. The minimum absolute atomic E-state index is 0.0849. The summed E-state index contributed by atoms with van der Waals surface area (Å²) in [5, 5.41) is 0.568. The lowest BCUT2D eigenvalue weighted by atomic mass is 9.65. The van der Waals surface area contributed by atoms with Crippen molar-refractivity contribution in [3.63, 3.8) is 0 Å². The van der Waals surface area contributed by atoms with Crippen LogP contribution in [0.4, 0.5) is 4.39 Å². The molecule has 0 radical (unpaired) electrons. The molecule has 3 atom stereocenters. The first-order valence-corrected chi connectivity index (χ1v) is 11.7. The maximum atomic E-state index is 14.9. The molecule has 3 unspecified atom stereocenters. The zero-order valence-electron chi connectivity index (χ0n) is 18.8. The normalized spacial score (nSPS) is 25.3. The molecule has 0 spiro atoms. The van der Waals surface area contributed by atoms with E-state index in [9.17, 15) is 9.18 Å². The predicted octanol–water partition coefficient (Wildman–Crippen LogP) is 6.08. The van der Waals surface area contributed by atoms with E-state index in [0.29, 0.717) is 10.6 Å². The molecule has 0 N–H and O–H groups in total. The number of likely N-dealkylation sites (tertiary alicyclic amines) is 1. The van der Waals surface area contributed by atoms with E-state index in [2.05, 4.69) is 30.7 Å². The van der Waals surface area contributed by atoms with E-state index in [1.807, 2.05) is 16.5 Å². The average Bonchev–Trinajstić information content (AvgIpc) is 3.23. The molecule has 2 fully saturated rings. The minimum atomic E-state index is -0.446. The van der Waals surface area contributed by atoms with Gasteiger partial charge in [0.2, 0.25) is 5.91 Å². The Morgan fingerprint density at radius 1 is 1.22 bits per heavy atom. The summed E-state index contributed by atoms with van der Waals surface area (Å²) in [4.78, 5) is 20.2. The molecule has 3 aromatic rings. The van der Waals surface area contributed by atoms with E-state index >= 15 is 0 Å². The molecule has 2 aliphatic rings. The highest BCUT2D eigenvalue weighted by Crippen LogP contribution is 2.52. The van der Waals surface area contributed by atoms with Gasteiger partial charge in [-0.2, -0.15) is 0 Å². The third-order valence-corrected chi connectivity index (χ3v) is 7.47. The number of rotatable bonds is 4. The van der Waals surface area contributed by atoms with E-state index in [1.54, 1.807) is 30.6 Å². The van der Waals surface area contributed by atoms with Crippen LogP contribution in [-0.4, -0.2) is 32.8 Å². The fraction of sp³-hybridized carbons (Fsp3) is 0.462. The number of nitrogens with zero attached hydrogens (tertiary/aromatic N) is 3. The highest BCUT2D eigenvalue weighted by atomic mass is 35.5. The van der Waals surface area contributed by atoms with Crippen LogP contribution in [0, 0.1) is 16.6 Å². The number of aromatic nitrogens is 2. The summed E-state index contributed by atoms with van der Waals surface area (Å²) in [6.45, 7) is 7.68. The molecule has 32 heavy (non-hydrogen) atoms. The molecule has 4 nitrogen and oxygen atoms in total. The maximum Gasteiger partial charge on any atom is 0.223 e. The number of benzene rings is 1. The maximum absolute atomic E-state index is 14.9. The number of pyridine rings is 1. The zero-order valence-corrected chi connectivity index (χ0v) is 19.6. The Bertz CT molecular complexity index is 1190. The topological polar surface area (TPSA) is 37.6 Å². The van der Waals surface area contributed by atoms with Crippen LogP contribution in [0.5, 0.6) is 0 Å². The van der Waals surface area contributed by atoms with Crippen molar-refractivity contribution in [2.75, 3.05) is 6.54 Å². The van der Waals surface area contributed by atoms with Crippen LogP contribution in [-0.2, 0) is 4.79 Å². The van der Waals surface area contributed by atoms with Gasteiger partial charge in [0.25, 0.3) is 0 Å². The van der Waals surface area contributed by atoms with Gasteiger partial charge in [0.05, 0.1) is 10.7 Å². The lowest BCUT2D eigenvalue weighted by molar-refractivity contribution is -0.132. The number of imidazole rings is 1. The van der Waals surface area contributed by atoms with Crippen LogP contribution < -0.4 is 0 Å². The summed E-state index contributed by atoms with van der Waals surface area (Å²) in [5.74, 6) is -0.671. The lowest BCUT2D eigenvalue weighted by Crippen LogP contribution is -2.38. The summed E-state index contributed by atoms with van der Waals surface area (Å²) < 4.78 is 16.8. The van der Waals surface area contributed by atoms with E-state index in [1.165, 1.54) is 6.07 Å². The molecule has 168 valence electrons. The molecule has 5 rings (SSSR count). The summed E-state index contributed by atoms with van der Waals surface area (Å²) in [5.41, 5.74) is 2.40. The Balaban J connectivity index is 1.52. The molecule has 3 heterocycles. The van der Waals surface area contributed by atoms with Crippen molar-refractivity contribution >= 4 is 23.2 Å². The standard InChI is InChI=1S/C26H29ClFN3O/c1-25(2)11-18-12-26(3,15-25)16-31(18)24(32)10-20(19-6-4-5-7-21(19)28)22-13-29-23-9-8-17(27)14-30(22)23/h4-9,13-14,18,20H,10-12,15-16H2,1-3H3. The third kappa shape index (κ3) is 3.81. The fourth-order valence-electron chi connectivity index (χ4n) is 6.41. The Morgan fingerprint density at radius 2 is 2.00 bits per heavy atom. The van der Waals surface area contributed by atoms with Crippen molar-refractivity contribution in [2.24, 2.45) is 10.8 Å². The summed E-state index contributed by atoms with van der Waals surface area (Å²) in [7, 11) is 0. The smallest absolute Gasteiger partial charge is 0.223 e. The number of carbonyl (C=O) groups excluding carboxylic acids is 1. The highest BCUT2D eigenvalue weighted by Gasteiger charge is 2.51. The molecule has 1 aliphatic carbocycles. The second kappa shape index (κ2) is 7.58. The van der Waals surface area contributed by atoms with Gasteiger partial charge >= 0.3 is 0 Å². The van der Waals surface area contributed by atoms with Gasteiger partial charge < -0.3 is 9.30 Å². The SMILES string of the molecule is CC1(C)CC2CC(C)(CN2C(=O)CC(c2ccccc2F)c2cnc3ccc(Cl)cn23)C1. The molecule has 1 amide bonds. The first-order chi connectivity index (χ1) is 15.1. The van der Waals surface area contributed by atoms with Gasteiger partial charge in [-0.15, -0.1) is 0 Å². The summed E-state index contributed by atoms with van der Waals surface area (Å²) >= 11 is 6.24. The Labute approximate surface area is 193 Å². The number of carbonyl (C=O) groups is 1. The number of hydrogen-bond donors (Lipinski definition) is 0. The van der Waals surface area contributed by atoms with Crippen molar-refractivity contribution < 1.29 is 9.18 Å². The van der Waals surface area contributed by atoms with Crippen LogP contribution in [0.3, 0.4) is 0 Å². The van der Waals surface area contributed by atoms with Crippen LogP contribution >= 0.6 is 11.6 Å². The van der Waals surface area contributed by atoms with Crippen molar-refractivity contribution in [1.82, 2.24) is 14.3 Å². The molecule has 1 saturated carbocycles. The molecule has 2 aromatic heterocycles. The van der Waals surface area contributed by atoms with Gasteiger partial charge in [0.1, 0.15) is 11.5 Å². The highest BCUT2D eigenvalue weighted by molar-refractivity contribution is 6.30. The van der Waals surface area contributed by atoms with Gasteiger partial charge in [-0.05, 0) is 53.9 Å². The predicted molar refractivity (Wildman–Crippen MR) is 124 cm³/mol. The second-order valence-electron chi connectivity index (χ2n) is 10.8. The number of fused-ring (bicyclic) bond motifs is 3. The van der Waals surface area contributed by atoms with Gasteiger partial charge in [-0.3, -0.25) is 4.79 Å². The number of amides is 1. The average molecular weight is 454 g/mol. The number of hydrogen-bond acceptors (Lipinski definition) is 2. The van der Waals surface area contributed by atoms with E-state index in [-0.39, 0.29) is 35.0 Å². The Hall–Kier alpha value is -2.40. The van der Waals surface area contributed by atoms with Gasteiger partial charge in [-0.1, -0.05) is 50.6 Å². The first kappa shape index (κ1) is 21.4. The van der Waals surface area contributed by atoms with E-state index in [0.717, 1.165) is 37.1 Å². The number of halogens is 2. The minimum Gasteiger partial charge on any atom is -0.339 e. The molecule has 6 heteroatoms. The fourth-order valence-corrected chi connectivity index (χ4v) is 6.57. The Kier molecular flexibility index (Phi) is 5.08. The lowest BCUT2D eigenvalue weighted by Gasteiger charge is -2.39. The monoisotopic (exact) mass is 453 g/mol. The van der Waals surface area contributed by atoms with Crippen molar-refractivity contribution in [1.29, 1.82) is 0 Å². The third-order valence-electron chi connectivity index (χ3n) is 7.25. The first-order valence-electron chi connectivity index (χ1n) is 11.3. The van der Waals surface area contributed by atoms with Gasteiger partial charge in [0.15, 0.2) is 0 Å².